The molecule has 142 valence electrons. The van der Waals surface area contributed by atoms with E-state index in [0.29, 0.717) is 18.8 Å². The van der Waals surface area contributed by atoms with Crippen LogP contribution in [0.4, 0.5) is 4.39 Å². The van der Waals surface area contributed by atoms with Crippen molar-refractivity contribution < 1.29 is 18.7 Å². The van der Waals surface area contributed by atoms with Crippen molar-refractivity contribution >= 4 is 11.8 Å². The summed E-state index contributed by atoms with van der Waals surface area (Å²) >= 11 is 0. The van der Waals surface area contributed by atoms with Gasteiger partial charge in [-0.05, 0) is 51.0 Å². The number of benzene rings is 1. The van der Waals surface area contributed by atoms with E-state index >= 15 is 0 Å². The van der Waals surface area contributed by atoms with Crippen LogP contribution in [0.15, 0.2) is 24.3 Å². The number of ether oxygens (including phenoxy) is 1. The van der Waals surface area contributed by atoms with Crippen LogP contribution < -0.4 is 10.1 Å². The molecule has 1 aliphatic heterocycles. The van der Waals surface area contributed by atoms with Crippen LogP contribution in [0.5, 0.6) is 5.75 Å². The predicted octanol–water partition coefficient (Wildman–Crippen LogP) is 2.75. The van der Waals surface area contributed by atoms with Crippen LogP contribution in [0.3, 0.4) is 0 Å². The van der Waals surface area contributed by atoms with E-state index in [2.05, 4.69) is 5.32 Å². The summed E-state index contributed by atoms with van der Waals surface area (Å²) in [4.78, 5) is 27.1. The van der Waals surface area contributed by atoms with E-state index in [0.717, 1.165) is 25.7 Å². The standard InChI is InChI=1S/C20H27FN2O3/c1-14(2)22-19(25)17-11-23(13-20(17)9-3-4-10-20)18(24)12-26-16-7-5-15(21)6-8-16/h5-8,14,17H,3-4,9-13H2,1-2H3,(H,22,25). The van der Waals surface area contributed by atoms with Crippen molar-refractivity contribution in [2.45, 2.75) is 45.6 Å². The number of carbonyl (C=O) groups excluding carboxylic acids is 2. The van der Waals surface area contributed by atoms with Crippen LogP contribution >= 0.6 is 0 Å². The van der Waals surface area contributed by atoms with Gasteiger partial charge in [0.05, 0.1) is 5.92 Å². The van der Waals surface area contributed by atoms with Crippen molar-refractivity contribution in [3.8, 4) is 5.75 Å². The Hall–Kier alpha value is -2.11. The molecule has 2 fully saturated rings. The van der Waals surface area contributed by atoms with Crippen LogP contribution in [0.25, 0.3) is 0 Å². The number of amides is 2. The lowest BCUT2D eigenvalue weighted by Gasteiger charge is -2.29. The van der Waals surface area contributed by atoms with Crippen LogP contribution in [0.1, 0.15) is 39.5 Å². The zero-order chi connectivity index (χ0) is 18.7. The monoisotopic (exact) mass is 362 g/mol. The summed E-state index contributed by atoms with van der Waals surface area (Å²) < 4.78 is 18.4. The van der Waals surface area contributed by atoms with E-state index < -0.39 is 0 Å². The van der Waals surface area contributed by atoms with Crippen molar-refractivity contribution in [1.29, 1.82) is 0 Å². The van der Waals surface area contributed by atoms with Gasteiger partial charge in [0, 0.05) is 24.5 Å². The molecule has 1 aromatic carbocycles. The van der Waals surface area contributed by atoms with Crippen LogP contribution in [-0.2, 0) is 9.59 Å². The SMILES string of the molecule is CC(C)NC(=O)C1CN(C(=O)COc2ccc(F)cc2)CC12CCCC2. The molecule has 26 heavy (non-hydrogen) atoms. The quantitative estimate of drug-likeness (QED) is 0.876. The summed E-state index contributed by atoms with van der Waals surface area (Å²) in [6.45, 7) is 4.88. The minimum atomic E-state index is -0.342. The van der Waals surface area contributed by atoms with Gasteiger partial charge < -0.3 is 15.0 Å². The van der Waals surface area contributed by atoms with Crippen molar-refractivity contribution in [2.75, 3.05) is 19.7 Å². The molecule has 1 saturated carbocycles. The molecule has 1 atom stereocenters. The maximum atomic E-state index is 12.9. The minimum absolute atomic E-state index is 0.0525. The molecular formula is C20H27FN2O3. The highest BCUT2D eigenvalue weighted by atomic mass is 19.1. The molecule has 1 unspecified atom stereocenters. The summed E-state index contributed by atoms with van der Waals surface area (Å²) in [6, 6.07) is 5.70. The molecule has 5 nitrogen and oxygen atoms in total. The number of likely N-dealkylation sites (tertiary alicyclic amines) is 1. The molecule has 1 spiro atoms. The van der Waals surface area contributed by atoms with Gasteiger partial charge in [0.15, 0.2) is 6.61 Å². The maximum absolute atomic E-state index is 12.9. The number of nitrogens with one attached hydrogen (secondary N) is 1. The molecule has 0 aromatic heterocycles. The van der Waals surface area contributed by atoms with Gasteiger partial charge in [-0.1, -0.05) is 12.8 Å². The van der Waals surface area contributed by atoms with Crippen LogP contribution in [0, 0.1) is 17.2 Å². The van der Waals surface area contributed by atoms with Crippen molar-refractivity contribution in [3.63, 3.8) is 0 Å². The maximum Gasteiger partial charge on any atom is 0.260 e. The molecule has 2 aliphatic rings. The Kier molecular flexibility index (Phi) is 5.49. The van der Waals surface area contributed by atoms with Gasteiger partial charge in [0.25, 0.3) is 5.91 Å². The second-order valence-corrected chi connectivity index (χ2v) is 7.80. The normalized spacial score (nSPS) is 21.4. The van der Waals surface area contributed by atoms with Crippen molar-refractivity contribution in [3.05, 3.63) is 30.1 Å². The third-order valence-electron chi connectivity index (χ3n) is 5.52. The second-order valence-electron chi connectivity index (χ2n) is 7.80. The summed E-state index contributed by atoms with van der Waals surface area (Å²) in [5, 5.41) is 3.01. The largest absolute Gasteiger partial charge is 0.484 e. The average molecular weight is 362 g/mol. The van der Waals surface area contributed by atoms with Gasteiger partial charge in [-0.15, -0.1) is 0 Å². The highest BCUT2D eigenvalue weighted by molar-refractivity contribution is 5.84. The van der Waals surface area contributed by atoms with Gasteiger partial charge in [-0.3, -0.25) is 9.59 Å². The molecule has 6 heteroatoms. The van der Waals surface area contributed by atoms with E-state index in [1.54, 1.807) is 4.90 Å². The lowest BCUT2D eigenvalue weighted by atomic mass is 9.76. The van der Waals surface area contributed by atoms with E-state index in [1.807, 2.05) is 13.8 Å². The van der Waals surface area contributed by atoms with Gasteiger partial charge in [0.2, 0.25) is 5.91 Å². The third kappa shape index (κ3) is 4.00. The first kappa shape index (κ1) is 18.7. The van der Waals surface area contributed by atoms with Crippen LogP contribution in [0.2, 0.25) is 0 Å². The Labute approximate surface area is 153 Å². The fraction of sp³-hybridized carbons (Fsp3) is 0.600. The molecule has 1 aromatic rings. The number of hydrogen-bond acceptors (Lipinski definition) is 3. The first-order valence-corrected chi connectivity index (χ1v) is 9.36. The lowest BCUT2D eigenvalue weighted by molar-refractivity contribution is -0.132. The zero-order valence-corrected chi connectivity index (χ0v) is 15.5. The summed E-state index contributed by atoms with van der Waals surface area (Å²) in [5.41, 5.74) is -0.0927. The Morgan fingerprint density at radius 3 is 2.54 bits per heavy atom. The molecule has 0 radical (unpaired) electrons. The second kappa shape index (κ2) is 7.64. The van der Waals surface area contributed by atoms with E-state index in [9.17, 15) is 14.0 Å². The molecule has 1 saturated heterocycles. The highest BCUT2D eigenvalue weighted by Crippen LogP contribution is 2.49. The predicted molar refractivity (Wildman–Crippen MR) is 96.1 cm³/mol. The lowest BCUT2D eigenvalue weighted by Crippen LogP contribution is -2.42. The fourth-order valence-corrected chi connectivity index (χ4v) is 4.26. The molecule has 0 bridgehead atoms. The van der Waals surface area contributed by atoms with E-state index in [1.165, 1.54) is 24.3 Å². The minimum Gasteiger partial charge on any atom is -0.484 e. The average Bonchev–Trinajstić information content (AvgIpc) is 3.21. The Bertz CT molecular complexity index is 654. The van der Waals surface area contributed by atoms with Gasteiger partial charge in [-0.2, -0.15) is 0 Å². The summed E-state index contributed by atoms with van der Waals surface area (Å²) in [7, 11) is 0. The first-order chi connectivity index (χ1) is 12.4. The topological polar surface area (TPSA) is 58.6 Å². The first-order valence-electron chi connectivity index (χ1n) is 9.36. The molecule has 1 N–H and O–H groups in total. The van der Waals surface area contributed by atoms with E-state index in [4.69, 9.17) is 4.74 Å². The number of hydrogen-bond donors (Lipinski definition) is 1. The Balaban J connectivity index is 1.63. The Morgan fingerprint density at radius 2 is 1.92 bits per heavy atom. The molecule has 1 heterocycles. The molecular weight excluding hydrogens is 335 g/mol. The molecule has 2 amide bonds. The fourth-order valence-electron chi connectivity index (χ4n) is 4.26. The van der Waals surface area contributed by atoms with Crippen LogP contribution in [-0.4, -0.2) is 42.5 Å². The number of carbonyl (C=O) groups is 2. The van der Waals surface area contributed by atoms with E-state index in [-0.39, 0.29) is 41.6 Å². The van der Waals surface area contributed by atoms with Gasteiger partial charge in [0.1, 0.15) is 11.6 Å². The highest BCUT2D eigenvalue weighted by Gasteiger charge is 2.52. The Morgan fingerprint density at radius 1 is 1.27 bits per heavy atom. The summed E-state index contributed by atoms with van der Waals surface area (Å²) in [5.74, 6) is -0.103. The smallest absolute Gasteiger partial charge is 0.260 e. The van der Waals surface area contributed by atoms with Crippen molar-refractivity contribution in [1.82, 2.24) is 10.2 Å². The number of halogens is 1. The zero-order valence-electron chi connectivity index (χ0n) is 15.5. The number of nitrogens with zero attached hydrogens (tertiary/aromatic N) is 1. The molecule has 1 aliphatic carbocycles. The van der Waals surface area contributed by atoms with Gasteiger partial charge >= 0.3 is 0 Å². The van der Waals surface area contributed by atoms with Gasteiger partial charge in [-0.25, -0.2) is 4.39 Å². The van der Waals surface area contributed by atoms with Crippen molar-refractivity contribution in [2.24, 2.45) is 11.3 Å². The number of rotatable bonds is 5. The molecule has 3 rings (SSSR count). The third-order valence-corrected chi connectivity index (χ3v) is 5.52. The summed E-state index contributed by atoms with van der Waals surface area (Å²) in [6.07, 6.45) is 4.21.